The second-order valence-electron chi connectivity index (χ2n) is 6.98. The van der Waals surface area contributed by atoms with Gasteiger partial charge >= 0.3 is 0 Å². The Morgan fingerprint density at radius 3 is 2.88 bits per heavy atom. The fourth-order valence-electron chi connectivity index (χ4n) is 2.65. The molecule has 5 N–H and O–H groups in total. The molecule has 0 spiro atoms. The number of fused-ring (bicyclic) bond motifs is 2. The van der Waals surface area contributed by atoms with E-state index >= 15 is 0 Å². The summed E-state index contributed by atoms with van der Waals surface area (Å²) in [6, 6.07) is 7.94. The first-order valence-electron chi connectivity index (χ1n) is 8.14. The quantitative estimate of drug-likeness (QED) is 0.529. The predicted octanol–water partition coefficient (Wildman–Crippen LogP) is 2.00. The maximum absolute atomic E-state index is 4.76. The Morgan fingerprint density at radius 2 is 2.04 bits per heavy atom. The Hall–Kier alpha value is -3.06. The topological polar surface area (TPSA) is 107 Å². The smallest absolute Gasteiger partial charge is 0.162 e. The number of nitrogens with zero attached hydrogens (tertiary/aromatic N) is 4. The van der Waals surface area contributed by atoms with Crippen LogP contribution in [0, 0.1) is 0 Å². The number of pyridine rings is 1. The summed E-state index contributed by atoms with van der Waals surface area (Å²) in [5.74, 6) is 1.46. The van der Waals surface area contributed by atoms with Crippen LogP contribution in [-0.2, 0) is 0 Å². The van der Waals surface area contributed by atoms with Crippen LogP contribution in [0.1, 0.15) is 13.8 Å². The first-order chi connectivity index (χ1) is 12.0. The van der Waals surface area contributed by atoms with Crippen molar-refractivity contribution in [2.45, 2.75) is 19.4 Å². The van der Waals surface area contributed by atoms with Crippen LogP contribution in [0.4, 0.5) is 5.82 Å². The molecule has 0 aliphatic carbocycles. The third kappa shape index (κ3) is 3.14. The molecule has 7 nitrogen and oxygen atoms in total. The highest BCUT2D eigenvalue weighted by Gasteiger charge is 2.17. The molecular formula is C18H20N7+. The molecule has 0 aliphatic heterocycles. The van der Waals surface area contributed by atoms with Gasteiger partial charge in [-0.25, -0.2) is 9.97 Å². The van der Waals surface area contributed by atoms with Crippen LogP contribution >= 0.6 is 0 Å². The number of H-pyrrole nitrogens is 1. The van der Waals surface area contributed by atoms with Crippen molar-refractivity contribution in [3.8, 4) is 11.4 Å². The Bertz CT molecular complexity index is 1050. The minimum atomic E-state index is -0.0971. The molecule has 0 radical (unpaired) electrons. The van der Waals surface area contributed by atoms with Crippen LogP contribution in [0.25, 0.3) is 33.2 Å². The summed E-state index contributed by atoms with van der Waals surface area (Å²) in [7, 11) is 0. The van der Waals surface area contributed by atoms with Gasteiger partial charge in [0, 0.05) is 22.5 Å². The van der Waals surface area contributed by atoms with Crippen molar-refractivity contribution < 1.29 is 5.73 Å². The van der Waals surface area contributed by atoms with Gasteiger partial charge in [-0.05, 0) is 38.1 Å². The van der Waals surface area contributed by atoms with Gasteiger partial charge in [-0.1, -0.05) is 0 Å². The minimum absolute atomic E-state index is 0.0971. The Morgan fingerprint density at radius 1 is 1.16 bits per heavy atom. The lowest BCUT2D eigenvalue weighted by atomic mass is 10.1. The maximum atomic E-state index is 4.76. The molecular weight excluding hydrogens is 314 g/mol. The number of benzene rings is 1. The van der Waals surface area contributed by atoms with Gasteiger partial charge in [-0.2, -0.15) is 5.10 Å². The van der Waals surface area contributed by atoms with E-state index in [-0.39, 0.29) is 5.54 Å². The molecule has 0 saturated carbocycles. The first kappa shape index (κ1) is 15.5. The van der Waals surface area contributed by atoms with E-state index in [1.54, 1.807) is 18.6 Å². The third-order valence-electron chi connectivity index (χ3n) is 3.93. The van der Waals surface area contributed by atoms with Crippen molar-refractivity contribution in [3.63, 3.8) is 0 Å². The normalized spacial score (nSPS) is 12.0. The number of nitrogens with one attached hydrogen (secondary N) is 2. The van der Waals surface area contributed by atoms with Crippen molar-refractivity contribution >= 4 is 27.6 Å². The molecule has 0 aliphatic rings. The number of rotatable bonds is 4. The zero-order valence-corrected chi connectivity index (χ0v) is 14.2. The molecule has 25 heavy (non-hydrogen) atoms. The fourth-order valence-corrected chi connectivity index (χ4v) is 2.65. The van der Waals surface area contributed by atoms with E-state index < -0.39 is 0 Å². The summed E-state index contributed by atoms with van der Waals surface area (Å²) < 4.78 is 0. The van der Waals surface area contributed by atoms with E-state index in [0.29, 0.717) is 12.4 Å². The maximum Gasteiger partial charge on any atom is 0.162 e. The van der Waals surface area contributed by atoms with Crippen LogP contribution in [0.15, 0.2) is 42.9 Å². The highest BCUT2D eigenvalue weighted by Crippen LogP contribution is 2.26. The van der Waals surface area contributed by atoms with Crippen LogP contribution in [0.5, 0.6) is 0 Å². The average molecular weight is 334 g/mol. The lowest BCUT2D eigenvalue weighted by molar-refractivity contribution is -0.460. The Labute approximate surface area is 144 Å². The Kier molecular flexibility index (Phi) is 3.58. The molecule has 4 aromatic rings. The van der Waals surface area contributed by atoms with E-state index in [2.05, 4.69) is 45.1 Å². The average Bonchev–Trinajstić information content (AvgIpc) is 3.06. The third-order valence-corrected chi connectivity index (χ3v) is 3.93. The molecule has 0 amide bonds. The highest BCUT2D eigenvalue weighted by atomic mass is 15.1. The molecule has 1 aromatic carbocycles. The molecule has 0 fully saturated rings. The van der Waals surface area contributed by atoms with E-state index in [1.165, 1.54) is 0 Å². The van der Waals surface area contributed by atoms with Gasteiger partial charge in [-0.3, -0.25) is 10.1 Å². The fraction of sp³-hybridized carbons (Fsp3) is 0.222. The summed E-state index contributed by atoms with van der Waals surface area (Å²) in [5.41, 5.74) is 6.79. The number of aromatic amines is 1. The zero-order chi connectivity index (χ0) is 17.4. The SMILES string of the molecule is CC(C)([NH3+])CNc1nc(-c2ccc3[nH]ncc3c2)nc2cnccc12. The van der Waals surface area contributed by atoms with Gasteiger partial charge in [0.15, 0.2) is 5.82 Å². The molecule has 7 heteroatoms. The molecule has 3 aromatic heterocycles. The minimum Gasteiger partial charge on any atom is -0.363 e. The van der Waals surface area contributed by atoms with Gasteiger partial charge in [0.1, 0.15) is 11.4 Å². The number of anilines is 1. The van der Waals surface area contributed by atoms with Crippen molar-refractivity contribution in [1.29, 1.82) is 0 Å². The monoisotopic (exact) mass is 334 g/mol. The summed E-state index contributed by atoms with van der Waals surface area (Å²) >= 11 is 0. The Balaban J connectivity index is 1.83. The van der Waals surface area contributed by atoms with Crippen molar-refractivity contribution in [2.24, 2.45) is 0 Å². The molecule has 0 bridgehead atoms. The van der Waals surface area contributed by atoms with Crippen molar-refractivity contribution in [1.82, 2.24) is 25.1 Å². The van der Waals surface area contributed by atoms with Gasteiger partial charge in [0.05, 0.1) is 30.0 Å². The van der Waals surface area contributed by atoms with E-state index in [1.807, 2.05) is 24.3 Å². The predicted molar refractivity (Wildman–Crippen MR) is 97.9 cm³/mol. The number of hydrogen-bond donors (Lipinski definition) is 3. The lowest BCUT2D eigenvalue weighted by Crippen LogP contribution is -2.72. The van der Waals surface area contributed by atoms with Gasteiger partial charge in [0.25, 0.3) is 0 Å². The first-order valence-corrected chi connectivity index (χ1v) is 8.14. The number of hydrogen-bond acceptors (Lipinski definition) is 5. The van der Waals surface area contributed by atoms with Gasteiger partial charge in [-0.15, -0.1) is 0 Å². The van der Waals surface area contributed by atoms with Crippen LogP contribution in [0.2, 0.25) is 0 Å². The molecule has 126 valence electrons. The number of aromatic nitrogens is 5. The van der Waals surface area contributed by atoms with Crippen LogP contribution < -0.4 is 11.1 Å². The van der Waals surface area contributed by atoms with Crippen molar-refractivity contribution in [3.05, 3.63) is 42.9 Å². The van der Waals surface area contributed by atoms with Crippen LogP contribution in [-0.4, -0.2) is 37.2 Å². The molecule has 0 atom stereocenters. The van der Waals surface area contributed by atoms with Crippen LogP contribution in [0.3, 0.4) is 0 Å². The number of quaternary nitrogens is 1. The lowest BCUT2D eigenvalue weighted by Gasteiger charge is -2.17. The van der Waals surface area contributed by atoms with Crippen molar-refractivity contribution in [2.75, 3.05) is 11.9 Å². The van der Waals surface area contributed by atoms with E-state index in [9.17, 15) is 0 Å². The van der Waals surface area contributed by atoms with E-state index in [4.69, 9.17) is 4.98 Å². The summed E-state index contributed by atoms with van der Waals surface area (Å²) in [4.78, 5) is 13.6. The standard InChI is InChI=1S/C18H19N7/c1-18(2,19)10-21-17-13-5-6-20-9-15(13)23-16(24-17)11-3-4-14-12(7-11)8-22-25-14/h3-9H,10,19H2,1-2H3,(H,22,25)(H,21,23,24)/p+1. The zero-order valence-electron chi connectivity index (χ0n) is 14.2. The van der Waals surface area contributed by atoms with E-state index in [0.717, 1.165) is 33.2 Å². The second kappa shape index (κ2) is 5.78. The second-order valence-corrected chi connectivity index (χ2v) is 6.98. The summed E-state index contributed by atoms with van der Waals surface area (Å²) in [5, 5.41) is 12.4. The molecule has 0 saturated heterocycles. The van der Waals surface area contributed by atoms with Gasteiger partial charge in [0.2, 0.25) is 0 Å². The molecule has 3 heterocycles. The largest absolute Gasteiger partial charge is 0.363 e. The highest BCUT2D eigenvalue weighted by molar-refractivity contribution is 5.91. The molecule has 0 unspecified atom stereocenters. The summed E-state index contributed by atoms with van der Waals surface area (Å²) in [6.07, 6.45) is 5.31. The summed E-state index contributed by atoms with van der Waals surface area (Å²) in [6.45, 7) is 4.87. The molecule has 4 rings (SSSR count). The van der Waals surface area contributed by atoms with Gasteiger partial charge < -0.3 is 11.1 Å².